The minimum absolute atomic E-state index is 0.112. The van der Waals surface area contributed by atoms with Crippen LogP contribution in [0.1, 0.15) is 24.4 Å². The topological polar surface area (TPSA) is 103 Å². The normalized spacial score (nSPS) is 12.8. The molecular weight excluding hydrogens is 437 g/mol. The van der Waals surface area contributed by atoms with Crippen molar-refractivity contribution in [1.82, 2.24) is 34.5 Å². The van der Waals surface area contributed by atoms with Gasteiger partial charge >= 0.3 is 6.18 Å². The van der Waals surface area contributed by atoms with Crippen LogP contribution in [0.5, 0.6) is 0 Å². The van der Waals surface area contributed by atoms with E-state index in [0.717, 1.165) is 16.8 Å². The van der Waals surface area contributed by atoms with Crippen molar-refractivity contribution in [2.45, 2.75) is 19.1 Å². The number of aromatic nitrogens is 7. The lowest BCUT2D eigenvalue weighted by Gasteiger charge is -2.17. The molecule has 4 rings (SSSR count). The summed E-state index contributed by atoms with van der Waals surface area (Å²) in [6.45, 7) is 1.73. The highest BCUT2D eigenvalue weighted by molar-refractivity contribution is 6.35. The zero-order chi connectivity index (χ0) is 22.3. The van der Waals surface area contributed by atoms with E-state index in [1.165, 1.54) is 36.5 Å². The summed E-state index contributed by atoms with van der Waals surface area (Å²) >= 11 is 6.03. The highest BCUT2D eigenvalue weighted by atomic mass is 35.5. The molecule has 0 unspecified atom stereocenters. The Kier molecular flexibility index (Phi) is 5.09. The van der Waals surface area contributed by atoms with Crippen LogP contribution >= 0.6 is 11.6 Å². The fraction of sp³-hybridized carbons (Fsp3) is 0.222. The molecule has 3 aromatic heterocycles. The first-order valence-corrected chi connectivity index (χ1v) is 9.25. The Bertz CT molecular complexity index is 1330. The number of benzene rings is 1. The number of nitrogens with one attached hydrogen (secondary N) is 1. The Morgan fingerprint density at radius 3 is 2.61 bits per heavy atom. The van der Waals surface area contributed by atoms with Crippen LogP contribution < -0.4 is 10.9 Å². The Labute approximate surface area is 177 Å². The third kappa shape index (κ3) is 3.93. The zero-order valence-electron chi connectivity index (χ0n) is 16.1. The number of halogens is 4. The SMILES string of the molecule is C[C@H](Nc1ncnc2c(Cl)cc(C(F)(F)F)cc12)c1ncnn1-c1ccc(=O)n(C)n1. The number of hydrogen-bond donors (Lipinski definition) is 1. The molecule has 0 aliphatic carbocycles. The molecule has 13 heteroatoms. The van der Waals surface area contributed by atoms with E-state index >= 15 is 0 Å². The molecular formula is C18H14ClF3N8O. The molecule has 0 bridgehead atoms. The van der Waals surface area contributed by atoms with Gasteiger partial charge in [-0.3, -0.25) is 4.79 Å². The monoisotopic (exact) mass is 450 g/mol. The summed E-state index contributed by atoms with van der Waals surface area (Å²) in [5, 5.41) is 11.3. The molecule has 9 nitrogen and oxygen atoms in total. The molecule has 1 aromatic carbocycles. The summed E-state index contributed by atoms with van der Waals surface area (Å²) < 4.78 is 42.3. The van der Waals surface area contributed by atoms with Crippen molar-refractivity contribution < 1.29 is 13.2 Å². The number of anilines is 1. The lowest BCUT2D eigenvalue weighted by Crippen LogP contribution is -2.22. The summed E-state index contributed by atoms with van der Waals surface area (Å²) in [7, 11) is 1.50. The van der Waals surface area contributed by atoms with Crippen LogP contribution in [0.3, 0.4) is 0 Å². The van der Waals surface area contributed by atoms with E-state index in [1.807, 2.05) is 0 Å². The third-order valence-electron chi connectivity index (χ3n) is 4.50. The number of aryl methyl sites for hydroxylation is 1. The molecule has 3 heterocycles. The van der Waals surface area contributed by atoms with Crippen molar-refractivity contribution in [1.29, 1.82) is 0 Å². The molecule has 0 radical (unpaired) electrons. The van der Waals surface area contributed by atoms with Gasteiger partial charge in [0.2, 0.25) is 0 Å². The number of nitrogens with zero attached hydrogens (tertiary/aromatic N) is 7. The van der Waals surface area contributed by atoms with Gasteiger partial charge in [0.15, 0.2) is 11.6 Å². The first-order chi connectivity index (χ1) is 14.6. The second-order valence-electron chi connectivity index (χ2n) is 6.62. The van der Waals surface area contributed by atoms with Crippen molar-refractivity contribution in [3.63, 3.8) is 0 Å². The number of alkyl halides is 3. The Morgan fingerprint density at radius 2 is 1.90 bits per heavy atom. The van der Waals surface area contributed by atoms with E-state index in [-0.39, 0.29) is 27.3 Å². The van der Waals surface area contributed by atoms with Gasteiger partial charge in [0, 0.05) is 18.5 Å². The Morgan fingerprint density at radius 1 is 1.13 bits per heavy atom. The number of rotatable bonds is 4. The maximum Gasteiger partial charge on any atom is 0.416 e. The summed E-state index contributed by atoms with van der Waals surface area (Å²) in [4.78, 5) is 23.9. The summed E-state index contributed by atoms with van der Waals surface area (Å²) in [6.07, 6.45) is -2.07. The average molecular weight is 451 g/mol. The minimum Gasteiger partial charge on any atom is -0.360 e. The van der Waals surface area contributed by atoms with Crippen LogP contribution in [0.2, 0.25) is 5.02 Å². The Balaban J connectivity index is 1.74. The van der Waals surface area contributed by atoms with Crippen molar-refractivity contribution in [2.75, 3.05) is 5.32 Å². The molecule has 0 saturated carbocycles. The van der Waals surface area contributed by atoms with E-state index in [1.54, 1.807) is 6.92 Å². The lowest BCUT2D eigenvalue weighted by molar-refractivity contribution is -0.137. The molecule has 0 aliphatic heterocycles. The molecule has 0 aliphatic rings. The van der Waals surface area contributed by atoms with Crippen molar-refractivity contribution >= 4 is 28.3 Å². The van der Waals surface area contributed by atoms with Crippen LogP contribution in [0.15, 0.2) is 41.7 Å². The van der Waals surface area contributed by atoms with E-state index in [2.05, 4.69) is 30.5 Å². The molecule has 1 N–H and O–H groups in total. The van der Waals surface area contributed by atoms with Gasteiger partial charge in [0.1, 0.15) is 18.5 Å². The molecule has 1 atom stereocenters. The van der Waals surface area contributed by atoms with E-state index < -0.39 is 17.8 Å². The quantitative estimate of drug-likeness (QED) is 0.509. The van der Waals surface area contributed by atoms with Gasteiger partial charge in [-0.05, 0) is 25.1 Å². The van der Waals surface area contributed by atoms with Crippen LogP contribution in [0.25, 0.3) is 16.7 Å². The maximum atomic E-state index is 13.2. The second kappa shape index (κ2) is 7.61. The van der Waals surface area contributed by atoms with Crippen LogP contribution in [0, 0.1) is 0 Å². The third-order valence-corrected chi connectivity index (χ3v) is 4.79. The van der Waals surface area contributed by atoms with Gasteiger partial charge < -0.3 is 5.32 Å². The maximum absolute atomic E-state index is 13.2. The fourth-order valence-corrected chi connectivity index (χ4v) is 3.27. The predicted octanol–water partition coefficient (Wildman–Crippen LogP) is 3.15. The smallest absolute Gasteiger partial charge is 0.360 e. The molecule has 4 aromatic rings. The lowest BCUT2D eigenvalue weighted by atomic mass is 10.1. The minimum atomic E-state index is -4.58. The van der Waals surface area contributed by atoms with Gasteiger partial charge in [-0.25, -0.2) is 19.6 Å². The second-order valence-corrected chi connectivity index (χ2v) is 7.03. The van der Waals surface area contributed by atoms with Gasteiger partial charge in [-0.15, -0.1) is 5.10 Å². The van der Waals surface area contributed by atoms with Gasteiger partial charge in [-0.2, -0.15) is 23.0 Å². The van der Waals surface area contributed by atoms with E-state index in [9.17, 15) is 18.0 Å². The standard InChI is InChI=1S/C18H14ClF3N8O/c1-9(17-25-8-26-30(17)13-3-4-14(31)29(2)28-13)27-16-11-5-10(18(20,21)22)6-12(19)15(11)23-7-24-16/h3-9H,1-2H3,(H,23,24,27)/t9-/m0/s1. The molecule has 31 heavy (non-hydrogen) atoms. The summed E-state index contributed by atoms with van der Waals surface area (Å²) in [6, 6.07) is 4.04. The first-order valence-electron chi connectivity index (χ1n) is 8.88. The fourth-order valence-electron chi connectivity index (χ4n) is 3.00. The first kappa shape index (κ1) is 20.7. The summed E-state index contributed by atoms with van der Waals surface area (Å²) in [5.41, 5.74) is -1.02. The van der Waals surface area contributed by atoms with Crippen LogP contribution in [-0.4, -0.2) is 34.5 Å². The van der Waals surface area contributed by atoms with Crippen molar-refractivity contribution in [3.05, 3.63) is 63.7 Å². The molecule has 0 fully saturated rings. The van der Waals surface area contributed by atoms with Gasteiger partial charge in [-0.1, -0.05) is 11.6 Å². The molecule has 0 amide bonds. The number of fused-ring (bicyclic) bond motifs is 1. The number of hydrogen-bond acceptors (Lipinski definition) is 7. The molecule has 0 spiro atoms. The molecule has 160 valence electrons. The Hall–Kier alpha value is -3.54. The largest absolute Gasteiger partial charge is 0.416 e. The van der Waals surface area contributed by atoms with Crippen LogP contribution in [0.4, 0.5) is 19.0 Å². The van der Waals surface area contributed by atoms with Gasteiger partial charge in [0.05, 0.1) is 22.1 Å². The average Bonchev–Trinajstić information content (AvgIpc) is 3.20. The highest BCUT2D eigenvalue weighted by Crippen LogP contribution is 2.36. The van der Waals surface area contributed by atoms with Crippen molar-refractivity contribution in [2.24, 2.45) is 7.05 Å². The van der Waals surface area contributed by atoms with E-state index in [0.29, 0.717) is 11.6 Å². The van der Waals surface area contributed by atoms with Crippen LogP contribution in [-0.2, 0) is 13.2 Å². The zero-order valence-corrected chi connectivity index (χ0v) is 16.8. The summed E-state index contributed by atoms with van der Waals surface area (Å²) in [5.74, 6) is 0.891. The van der Waals surface area contributed by atoms with Gasteiger partial charge in [0.25, 0.3) is 5.56 Å². The molecule has 0 saturated heterocycles. The highest BCUT2D eigenvalue weighted by Gasteiger charge is 2.32. The predicted molar refractivity (Wildman–Crippen MR) is 106 cm³/mol. The van der Waals surface area contributed by atoms with Crippen molar-refractivity contribution in [3.8, 4) is 5.82 Å². The van der Waals surface area contributed by atoms with E-state index in [4.69, 9.17) is 11.6 Å².